The maximum absolute atomic E-state index is 11.6. The third-order valence-corrected chi connectivity index (χ3v) is 2.87. The van der Waals surface area contributed by atoms with E-state index in [-0.39, 0.29) is 5.97 Å². The van der Waals surface area contributed by atoms with Crippen LogP contribution in [0.2, 0.25) is 0 Å². The van der Waals surface area contributed by atoms with E-state index in [9.17, 15) is 4.79 Å². The zero-order chi connectivity index (χ0) is 14.5. The fraction of sp³-hybridized carbons (Fsp3) is 0.389. The molecular weight excluding hydrogens is 248 g/mol. The fourth-order valence-electron chi connectivity index (χ4n) is 1.70. The summed E-state index contributed by atoms with van der Waals surface area (Å²) in [5, 5.41) is 0. The molecule has 0 aliphatic rings. The minimum Gasteiger partial charge on any atom is -0.462 e. The Morgan fingerprint density at radius 1 is 1.05 bits per heavy atom. The van der Waals surface area contributed by atoms with Crippen molar-refractivity contribution in [2.75, 3.05) is 6.61 Å². The van der Waals surface area contributed by atoms with Gasteiger partial charge in [0.25, 0.3) is 0 Å². The van der Waals surface area contributed by atoms with Crippen molar-refractivity contribution in [2.24, 2.45) is 0 Å². The maximum Gasteiger partial charge on any atom is 0.338 e. The topological polar surface area (TPSA) is 26.3 Å². The molecule has 0 N–H and O–H groups in total. The average molecular weight is 272 g/mol. The molecule has 108 valence electrons. The van der Waals surface area contributed by atoms with Crippen molar-refractivity contribution in [3.63, 3.8) is 0 Å². The SMILES string of the molecule is CCCCC=CC=CCCCOC(=O)c1ccccc1. The molecule has 0 unspecified atom stereocenters. The molecule has 0 amide bonds. The van der Waals surface area contributed by atoms with Crippen LogP contribution in [0.25, 0.3) is 0 Å². The van der Waals surface area contributed by atoms with Crippen LogP contribution in [-0.4, -0.2) is 12.6 Å². The van der Waals surface area contributed by atoms with Gasteiger partial charge < -0.3 is 4.74 Å². The van der Waals surface area contributed by atoms with Crippen LogP contribution in [0.4, 0.5) is 0 Å². The van der Waals surface area contributed by atoms with Gasteiger partial charge in [0, 0.05) is 0 Å². The predicted molar refractivity (Wildman–Crippen MR) is 83.8 cm³/mol. The Balaban J connectivity index is 2.06. The van der Waals surface area contributed by atoms with Gasteiger partial charge in [-0.2, -0.15) is 0 Å². The highest BCUT2D eigenvalue weighted by molar-refractivity contribution is 5.89. The number of unbranched alkanes of at least 4 members (excludes halogenated alkanes) is 3. The van der Waals surface area contributed by atoms with E-state index in [4.69, 9.17) is 4.74 Å². The highest BCUT2D eigenvalue weighted by atomic mass is 16.5. The molecule has 1 rings (SSSR count). The van der Waals surface area contributed by atoms with Crippen molar-refractivity contribution in [3.05, 3.63) is 60.2 Å². The molecule has 0 saturated carbocycles. The van der Waals surface area contributed by atoms with Crippen molar-refractivity contribution in [2.45, 2.75) is 39.0 Å². The van der Waals surface area contributed by atoms with E-state index in [0.29, 0.717) is 12.2 Å². The number of hydrogen-bond donors (Lipinski definition) is 0. The van der Waals surface area contributed by atoms with Crippen molar-refractivity contribution >= 4 is 5.97 Å². The van der Waals surface area contributed by atoms with Gasteiger partial charge in [0.15, 0.2) is 0 Å². The van der Waals surface area contributed by atoms with Crippen LogP contribution in [0.5, 0.6) is 0 Å². The molecule has 0 aromatic heterocycles. The van der Waals surface area contributed by atoms with Gasteiger partial charge in [-0.25, -0.2) is 4.79 Å². The molecule has 1 aromatic rings. The first-order valence-electron chi connectivity index (χ1n) is 7.38. The van der Waals surface area contributed by atoms with E-state index in [2.05, 4.69) is 31.2 Å². The van der Waals surface area contributed by atoms with E-state index in [1.807, 2.05) is 18.2 Å². The Hall–Kier alpha value is -1.83. The highest BCUT2D eigenvalue weighted by Crippen LogP contribution is 2.02. The first-order chi connectivity index (χ1) is 9.84. The van der Waals surface area contributed by atoms with E-state index >= 15 is 0 Å². The van der Waals surface area contributed by atoms with Crippen LogP contribution < -0.4 is 0 Å². The second kappa shape index (κ2) is 11.0. The molecule has 0 bridgehead atoms. The molecule has 0 radical (unpaired) electrons. The quantitative estimate of drug-likeness (QED) is 0.362. The number of carbonyl (C=O) groups is 1. The summed E-state index contributed by atoms with van der Waals surface area (Å²) < 4.78 is 5.20. The summed E-state index contributed by atoms with van der Waals surface area (Å²) in [6, 6.07) is 9.09. The Morgan fingerprint density at radius 2 is 1.70 bits per heavy atom. The predicted octanol–water partition coefficient (Wildman–Crippen LogP) is 4.93. The summed E-state index contributed by atoms with van der Waals surface area (Å²) in [6.45, 7) is 2.66. The standard InChI is InChI=1S/C18H24O2/c1-2-3-4-5-6-7-8-9-13-16-20-18(19)17-14-11-10-12-15-17/h5-8,10-12,14-15H,2-4,9,13,16H2,1H3. The van der Waals surface area contributed by atoms with Gasteiger partial charge in [0.1, 0.15) is 0 Å². The van der Waals surface area contributed by atoms with Crippen molar-refractivity contribution in [1.29, 1.82) is 0 Å². The molecular formula is C18H24O2. The monoisotopic (exact) mass is 272 g/mol. The molecule has 2 heteroatoms. The number of hydrogen-bond acceptors (Lipinski definition) is 2. The Morgan fingerprint density at radius 3 is 2.35 bits per heavy atom. The fourth-order valence-corrected chi connectivity index (χ4v) is 1.70. The number of carbonyl (C=O) groups excluding carboxylic acids is 1. The van der Waals surface area contributed by atoms with Crippen molar-refractivity contribution < 1.29 is 9.53 Å². The largest absolute Gasteiger partial charge is 0.462 e. The summed E-state index contributed by atoms with van der Waals surface area (Å²) in [5.74, 6) is -0.242. The molecule has 0 fully saturated rings. The summed E-state index contributed by atoms with van der Waals surface area (Å²) in [5.41, 5.74) is 0.613. The molecule has 2 nitrogen and oxygen atoms in total. The molecule has 0 aliphatic carbocycles. The number of benzene rings is 1. The zero-order valence-corrected chi connectivity index (χ0v) is 12.3. The normalized spacial score (nSPS) is 11.2. The minimum absolute atomic E-state index is 0.242. The zero-order valence-electron chi connectivity index (χ0n) is 12.3. The molecule has 0 spiro atoms. The lowest BCUT2D eigenvalue weighted by atomic mass is 10.2. The third kappa shape index (κ3) is 7.57. The van der Waals surface area contributed by atoms with Gasteiger partial charge in [-0.1, -0.05) is 62.3 Å². The van der Waals surface area contributed by atoms with Gasteiger partial charge >= 0.3 is 5.97 Å². The van der Waals surface area contributed by atoms with Gasteiger partial charge in [0.2, 0.25) is 0 Å². The van der Waals surface area contributed by atoms with Crippen LogP contribution in [0.15, 0.2) is 54.6 Å². The van der Waals surface area contributed by atoms with Crippen LogP contribution in [0.1, 0.15) is 49.4 Å². The van der Waals surface area contributed by atoms with Gasteiger partial charge in [0.05, 0.1) is 12.2 Å². The smallest absolute Gasteiger partial charge is 0.338 e. The Bertz CT molecular complexity index is 418. The highest BCUT2D eigenvalue weighted by Gasteiger charge is 2.04. The molecule has 0 saturated heterocycles. The van der Waals surface area contributed by atoms with Crippen LogP contribution >= 0.6 is 0 Å². The maximum atomic E-state index is 11.6. The number of allylic oxidation sites excluding steroid dienone is 4. The first-order valence-corrected chi connectivity index (χ1v) is 7.38. The van der Waals surface area contributed by atoms with Crippen LogP contribution in [0.3, 0.4) is 0 Å². The van der Waals surface area contributed by atoms with E-state index in [0.717, 1.165) is 19.3 Å². The lowest BCUT2D eigenvalue weighted by molar-refractivity contribution is 0.0501. The second-order valence-electron chi connectivity index (χ2n) is 4.64. The van der Waals surface area contributed by atoms with E-state index in [1.54, 1.807) is 12.1 Å². The van der Waals surface area contributed by atoms with Crippen molar-refractivity contribution in [1.82, 2.24) is 0 Å². The summed E-state index contributed by atoms with van der Waals surface area (Å²) in [7, 11) is 0. The number of rotatable bonds is 9. The number of esters is 1. The minimum atomic E-state index is -0.242. The number of ether oxygens (including phenoxy) is 1. The summed E-state index contributed by atoms with van der Waals surface area (Å²) in [6.07, 6.45) is 13.9. The Kier molecular flexibility index (Phi) is 8.95. The summed E-state index contributed by atoms with van der Waals surface area (Å²) >= 11 is 0. The molecule has 0 atom stereocenters. The van der Waals surface area contributed by atoms with Gasteiger partial charge in [-0.05, 0) is 31.4 Å². The lowest BCUT2D eigenvalue weighted by Gasteiger charge is -2.03. The molecule has 1 aromatic carbocycles. The molecule has 0 aliphatic heterocycles. The van der Waals surface area contributed by atoms with Crippen LogP contribution in [-0.2, 0) is 4.74 Å². The van der Waals surface area contributed by atoms with Crippen molar-refractivity contribution in [3.8, 4) is 0 Å². The second-order valence-corrected chi connectivity index (χ2v) is 4.64. The van der Waals surface area contributed by atoms with Gasteiger partial charge in [-0.3, -0.25) is 0 Å². The van der Waals surface area contributed by atoms with Gasteiger partial charge in [-0.15, -0.1) is 0 Å². The summed E-state index contributed by atoms with van der Waals surface area (Å²) in [4.78, 5) is 11.6. The first kappa shape index (κ1) is 16.2. The lowest BCUT2D eigenvalue weighted by Crippen LogP contribution is -2.05. The Labute approximate surface area is 122 Å². The average Bonchev–Trinajstić information content (AvgIpc) is 2.50. The molecule has 0 heterocycles. The van der Waals surface area contributed by atoms with E-state index < -0.39 is 0 Å². The molecule has 20 heavy (non-hydrogen) atoms. The third-order valence-electron chi connectivity index (χ3n) is 2.87. The van der Waals surface area contributed by atoms with Crippen LogP contribution in [0, 0.1) is 0 Å². The van der Waals surface area contributed by atoms with E-state index in [1.165, 1.54) is 12.8 Å².